The van der Waals surface area contributed by atoms with Gasteiger partial charge in [-0.05, 0) is 60.3 Å². The first-order chi connectivity index (χ1) is 12.0. The van der Waals surface area contributed by atoms with Crippen LogP contribution in [0.2, 0.25) is 10.0 Å². The zero-order valence-electron chi connectivity index (χ0n) is 13.4. The van der Waals surface area contributed by atoms with Gasteiger partial charge in [0.25, 0.3) is 5.91 Å². The summed E-state index contributed by atoms with van der Waals surface area (Å²) in [6, 6.07) is 14.4. The van der Waals surface area contributed by atoms with Gasteiger partial charge in [-0.3, -0.25) is 4.79 Å². The molecule has 1 heterocycles. The molecule has 0 fully saturated rings. The molecule has 0 aliphatic carbocycles. The molecule has 1 amide bonds. The largest absolute Gasteiger partial charge is 0.489 e. The molecule has 2 aromatic carbocycles. The number of benzene rings is 2. The molecule has 0 aliphatic heterocycles. The van der Waals surface area contributed by atoms with Crippen molar-refractivity contribution in [2.45, 2.75) is 13.5 Å². The van der Waals surface area contributed by atoms with Crippen molar-refractivity contribution in [3.05, 3.63) is 80.0 Å². The summed E-state index contributed by atoms with van der Waals surface area (Å²) >= 11 is 13.3. The molecule has 0 atom stereocenters. The van der Waals surface area contributed by atoms with E-state index in [1.54, 1.807) is 24.3 Å². The van der Waals surface area contributed by atoms with Crippen LogP contribution in [0.3, 0.4) is 0 Å². The van der Waals surface area contributed by atoms with E-state index in [4.69, 9.17) is 27.9 Å². The van der Waals surface area contributed by atoms with E-state index in [2.05, 4.69) is 5.32 Å². The van der Waals surface area contributed by atoms with Crippen LogP contribution < -0.4 is 10.1 Å². The molecular formula is C19H15Cl2NO2S. The standard InChI is InChI=1S/C19H15Cl2NO2S/c1-12-7-16(5-6-17(12)21)24-10-13-8-18(25-11-13)19(23)22-15-4-2-3-14(20)9-15/h2-9,11H,10H2,1H3,(H,22,23). The number of nitrogens with one attached hydrogen (secondary N) is 1. The summed E-state index contributed by atoms with van der Waals surface area (Å²) in [5, 5.41) is 6.03. The minimum Gasteiger partial charge on any atom is -0.489 e. The van der Waals surface area contributed by atoms with Gasteiger partial charge in [0, 0.05) is 21.3 Å². The molecule has 1 aromatic heterocycles. The summed E-state index contributed by atoms with van der Waals surface area (Å²) in [5.74, 6) is 0.582. The summed E-state index contributed by atoms with van der Waals surface area (Å²) in [4.78, 5) is 12.9. The first-order valence-electron chi connectivity index (χ1n) is 7.54. The second kappa shape index (κ2) is 7.91. The molecule has 3 nitrogen and oxygen atoms in total. The third-order valence-corrected chi connectivity index (χ3v) is 5.13. The van der Waals surface area contributed by atoms with Gasteiger partial charge >= 0.3 is 0 Å². The number of ether oxygens (including phenoxy) is 1. The van der Waals surface area contributed by atoms with Crippen molar-refractivity contribution in [1.82, 2.24) is 0 Å². The molecule has 25 heavy (non-hydrogen) atoms. The van der Waals surface area contributed by atoms with Gasteiger partial charge < -0.3 is 10.1 Å². The molecule has 6 heteroatoms. The van der Waals surface area contributed by atoms with Crippen LogP contribution in [0.4, 0.5) is 5.69 Å². The van der Waals surface area contributed by atoms with Crippen molar-refractivity contribution in [3.8, 4) is 5.75 Å². The average molecular weight is 392 g/mol. The van der Waals surface area contributed by atoms with E-state index in [1.807, 2.05) is 36.6 Å². The van der Waals surface area contributed by atoms with Gasteiger partial charge in [-0.1, -0.05) is 29.3 Å². The Labute approximate surface area is 160 Å². The molecule has 1 N–H and O–H groups in total. The highest BCUT2D eigenvalue weighted by molar-refractivity contribution is 7.12. The Morgan fingerprint density at radius 3 is 2.76 bits per heavy atom. The molecule has 0 unspecified atom stereocenters. The molecule has 0 saturated heterocycles. The normalized spacial score (nSPS) is 10.5. The fraction of sp³-hybridized carbons (Fsp3) is 0.105. The summed E-state index contributed by atoms with van der Waals surface area (Å²) in [7, 11) is 0. The second-order valence-electron chi connectivity index (χ2n) is 5.48. The highest BCUT2D eigenvalue weighted by Crippen LogP contribution is 2.23. The highest BCUT2D eigenvalue weighted by atomic mass is 35.5. The number of aryl methyl sites for hydroxylation is 1. The first kappa shape index (κ1) is 17.8. The number of thiophene rings is 1. The predicted octanol–water partition coefficient (Wildman–Crippen LogP) is 6.19. The van der Waals surface area contributed by atoms with E-state index in [-0.39, 0.29) is 5.91 Å². The lowest BCUT2D eigenvalue weighted by Gasteiger charge is -2.06. The van der Waals surface area contributed by atoms with Gasteiger partial charge in [-0.25, -0.2) is 0 Å². The number of hydrogen-bond donors (Lipinski definition) is 1. The fourth-order valence-electron chi connectivity index (χ4n) is 2.20. The van der Waals surface area contributed by atoms with Crippen LogP contribution in [0.1, 0.15) is 20.8 Å². The van der Waals surface area contributed by atoms with Gasteiger partial charge in [0.1, 0.15) is 12.4 Å². The van der Waals surface area contributed by atoms with Crippen LogP contribution >= 0.6 is 34.5 Å². The summed E-state index contributed by atoms with van der Waals surface area (Å²) in [6.45, 7) is 2.32. The maximum Gasteiger partial charge on any atom is 0.265 e. The topological polar surface area (TPSA) is 38.3 Å². The van der Waals surface area contributed by atoms with Crippen molar-refractivity contribution in [1.29, 1.82) is 0 Å². The predicted molar refractivity (Wildman–Crippen MR) is 104 cm³/mol. The summed E-state index contributed by atoms with van der Waals surface area (Å²) in [5.41, 5.74) is 2.57. The van der Waals surface area contributed by atoms with E-state index >= 15 is 0 Å². The Balaban J connectivity index is 1.61. The molecule has 0 radical (unpaired) electrons. The monoisotopic (exact) mass is 391 g/mol. The van der Waals surface area contributed by atoms with E-state index in [1.165, 1.54) is 11.3 Å². The minimum atomic E-state index is -0.166. The minimum absolute atomic E-state index is 0.166. The van der Waals surface area contributed by atoms with Crippen LogP contribution in [-0.2, 0) is 6.61 Å². The average Bonchev–Trinajstić information content (AvgIpc) is 3.05. The van der Waals surface area contributed by atoms with E-state index in [9.17, 15) is 4.79 Å². The number of halogens is 2. The van der Waals surface area contributed by atoms with Crippen molar-refractivity contribution < 1.29 is 9.53 Å². The third kappa shape index (κ3) is 4.75. The van der Waals surface area contributed by atoms with Gasteiger partial charge in [-0.2, -0.15) is 0 Å². The number of carbonyl (C=O) groups is 1. The van der Waals surface area contributed by atoms with Crippen LogP contribution in [-0.4, -0.2) is 5.91 Å². The number of hydrogen-bond acceptors (Lipinski definition) is 3. The van der Waals surface area contributed by atoms with Gasteiger partial charge in [-0.15, -0.1) is 11.3 Å². The molecular weight excluding hydrogens is 377 g/mol. The summed E-state index contributed by atoms with van der Waals surface area (Å²) < 4.78 is 5.75. The second-order valence-corrected chi connectivity index (χ2v) is 7.24. The van der Waals surface area contributed by atoms with E-state index in [0.717, 1.165) is 16.9 Å². The molecule has 3 rings (SSSR count). The Hall–Kier alpha value is -2.01. The molecule has 3 aromatic rings. The molecule has 0 aliphatic rings. The Bertz CT molecular complexity index is 908. The highest BCUT2D eigenvalue weighted by Gasteiger charge is 2.10. The maximum absolute atomic E-state index is 12.3. The number of amides is 1. The van der Waals surface area contributed by atoms with Crippen LogP contribution in [0.25, 0.3) is 0 Å². The first-order valence-corrected chi connectivity index (χ1v) is 9.18. The van der Waals surface area contributed by atoms with Gasteiger partial charge in [0.15, 0.2) is 0 Å². The Morgan fingerprint density at radius 1 is 1.16 bits per heavy atom. The number of carbonyl (C=O) groups excluding carboxylic acids is 1. The molecule has 128 valence electrons. The molecule has 0 bridgehead atoms. The van der Waals surface area contributed by atoms with Crippen molar-refractivity contribution in [3.63, 3.8) is 0 Å². The van der Waals surface area contributed by atoms with E-state index < -0.39 is 0 Å². The number of rotatable bonds is 5. The Kier molecular flexibility index (Phi) is 5.63. The molecule has 0 saturated carbocycles. The third-order valence-electron chi connectivity index (χ3n) is 3.49. The zero-order valence-corrected chi connectivity index (χ0v) is 15.7. The number of anilines is 1. The summed E-state index contributed by atoms with van der Waals surface area (Å²) in [6.07, 6.45) is 0. The lowest BCUT2D eigenvalue weighted by molar-refractivity contribution is 0.103. The van der Waals surface area contributed by atoms with Crippen molar-refractivity contribution in [2.24, 2.45) is 0 Å². The fourth-order valence-corrected chi connectivity index (χ4v) is 3.30. The zero-order chi connectivity index (χ0) is 17.8. The van der Waals surface area contributed by atoms with Crippen LogP contribution in [0.5, 0.6) is 5.75 Å². The van der Waals surface area contributed by atoms with Gasteiger partial charge in [0.2, 0.25) is 0 Å². The maximum atomic E-state index is 12.3. The molecule has 0 spiro atoms. The lowest BCUT2D eigenvalue weighted by atomic mass is 10.2. The smallest absolute Gasteiger partial charge is 0.265 e. The van der Waals surface area contributed by atoms with Crippen molar-refractivity contribution >= 4 is 46.1 Å². The van der Waals surface area contributed by atoms with E-state index in [0.29, 0.717) is 27.2 Å². The van der Waals surface area contributed by atoms with Gasteiger partial charge in [0.05, 0.1) is 4.88 Å². The Morgan fingerprint density at radius 2 is 2.00 bits per heavy atom. The van der Waals surface area contributed by atoms with Crippen LogP contribution in [0, 0.1) is 6.92 Å². The van der Waals surface area contributed by atoms with Crippen molar-refractivity contribution in [2.75, 3.05) is 5.32 Å². The SMILES string of the molecule is Cc1cc(OCc2csc(C(=O)Nc3cccc(Cl)c3)c2)ccc1Cl. The van der Waals surface area contributed by atoms with Crippen LogP contribution in [0.15, 0.2) is 53.9 Å². The quantitative estimate of drug-likeness (QED) is 0.562. The lowest BCUT2D eigenvalue weighted by Crippen LogP contribution is -2.10.